The molecule has 1 atom stereocenters. The third-order valence-corrected chi connectivity index (χ3v) is 7.27. The lowest BCUT2D eigenvalue weighted by molar-refractivity contribution is -0.120. The Morgan fingerprint density at radius 1 is 0.974 bits per heavy atom. The van der Waals surface area contributed by atoms with Crippen LogP contribution >= 0.6 is 0 Å². The van der Waals surface area contributed by atoms with Gasteiger partial charge >= 0.3 is 0 Å². The van der Waals surface area contributed by atoms with Crippen LogP contribution in [0.3, 0.4) is 0 Å². The molecule has 1 amide bonds. The third-order valence-electron chi connectivity index (χ3n) is 7.27. The SMILES string of the molecule is CCOc1ccccc1OC1CCCN(c2cncc(NC(=O)C3CCN(c4ncc(CC)cn4)CC3)n2)C1. The van der Waals surface area contributed by atoms with Gasteiger partial charge in [0.1, 0.15) is 11.9 Å². The maximum absolute atomic E-state index is 13.0. The molecular formula is C29H37N7O3. The highest BCUT2D eigenvalue weighted by molar-refractivity contribution is 5.91. The Bertz CT molecular complexity index is 1230. The molecule has 0 spiro atoms. The van der Waals surface area contributed by atoms with Crippen molar-refractivity contribution in [1.29, 1.82) is 0 Å². The lowest BCUT2D eigenvalue weighted by atomic mass is 9.96. The third kappa shape index (κ3) is 6.74. The molecule has 4 heterocycles. The number of carbonyl (C=O) groups is 1. The van der Waals surface area contributed by atoms with Crippen molar-refractivity contribution >= 4 is 23.5 Å². The fraction of sp³-hybridized carbons (Fsp3) is 0.483. The highest BCUT2D eigenvalue weighted by atomic mass is 16.5. The van der Waals surface area contributed by atoms with Gasteiger partial charge in [-0.05, 0) is 56.7 Å². The summed E-state index contributed by atoms with van der Waals surface area (Å²) in [6.45, 7) is 7.68. The van der Waals surface area contributed by atoms with Crippen molar-refractivity contribution in [2.24, 2.45) is 5.92 Å². The van der Waals surface area contributed by atoms with Gasteiger partial charge in [-0.25, -0.2) is 15.0 Å². The van der Waals surface area contributed by atoms with Crippen LogP contribution in [-0.4, -0.2) is 64.7 Å². The van der Waals surface area contributed by atoms with Crippen molar-refractivity contribution < 1.29 is 14.3 Å². The summed E-state index contributed by atoms with van der Waals surface area (Å²) in [6.07, 6.45) is 11.4. The number of nitrogens with zero attached hydrogens (tertiary/aromatic N) is 6. The van der Waals surface area contributed by atoms with Crippen LogP contribution in [0, 0.1) is 5.92 Å². The molecule has 10 nitrogen and oxygen atoms in total. The van der Waals surface area contributed by atoms with E-state index >= 15 is 0 Å². The summed E-state index contributed by atoms with van der Waals surface area (Å²) in [6, 6.07) is 7.78. The van der Waals surface area contributed by atoms with Gasteiger partial charge in [0.25, 0.3) is 0 Å². The zero-order valence-corrected chi connectivity index (χ0v) is 22.8. The van der Waals surface area contributed by atoms with Gasteiger partial charge in [0.15, 0.2) is 17.3 Å². The molecule has 39 heavy (non-hydrogen) atoms. The van der Waals surface area contributed by atoms with Crippen molar-refractivity contribution in [2.45, 2.75) is 52.1 Å². The number of benzene rings is 1. The van der Waals surface area contributed by atoms with Gasteiger partial charge in [0, 0.05) is 37.9 Å². The smallest absolute Gasteiger partial charge is 0.228 e. The minimum absolute atomic E-state index is 0.00717. The molecule has 206 valence electrons. The second kappa shape index (κ2) is 12.7. The second-order valence-electron chi connectivity index (χ2n) is 9.97. The Labute approximate surface area is 229 Å². The van der Waals surface area contributed by atoms with Gasteiger partial charge in [-0.1, -0.05) is 19.1 Å². The maximum atomic E-state index is 13.0. The Kier molecular flexibility index (Phi) is 8.70. The van der Waals surface area contributed by atoms with E-state index < -0.39 is 0 Å². The molecule has 2 aliphatic rings. The van der Waals surface area contributed by atoms with Crippen LogP contribution in [0.4, 0.5) is 17.6 Å². The van der Waals surface area contributed by atoms with Gasteiger partial charge in [-0.2, -0.15) is 0 Å². The molecule has 1 aromatic carbocycles. The van der Waals surface area contributed by atoms with Crippen molar-refractivity contribution in [2.75, 3.05) is 47.9 Å². The molecule has 1 unspecified atom stereocenters. The summed E-state index contributed by atoms with van der Waals surface area (Å²) in [5.41, 5.74) is 1.12. The second-order valence-corrected chi connectivity index (χ2v) is 9.97. The Hall–Kier alpha value is -3.95. The van der Waals surface area contributed by atoms with E-state index in [2.05, 4.69) is 37.0 Å². The number of hydrogen-bond donors (Lipinski definition) is 1. The molecule has 3 aromatic rings. The monoisotopic (exact) mass is 531 g/mol. The fourth-order valence-electron chi connectivity index (χ4n) is 5.08. The Balaban J connectivity index is 1.15. The first-order valence-corrected chi connectivity index (χ1v) is 13.9. The van der Waals surface area contributed by atoms with E-state index in [1.165, 1.54) is 0 Å². The molecule has 0 bridgehead atoms. The molecule has 10 heteroatoms. The average Bonchev–Trinajstić information content (AvgIpc) is 2.99. The molecule has 0 radical (unpaired) electrons. The zero-order valence-electron chi connectivity index (χ0n) is 22.8. The predicted octanol–water partition coefficient (Wildman–Crippen LogP) is 4.13. The highest BCUT2D eigenvalue weighted by Gasteiger charge is 2.27. The van der Waals surface area contributed by atoms with Crippen molar-refractivity contribution in [3.05, 3.63) is 54.6 Å². The number of aromatic nitrogens is 4. The molecule has 1 N–H and O–H groups in total. The van der Waals surface area contributed by atoms with E-state index in [-0.39, 0.29) is 17.9 Å². The molecule has 2 fully saturated rings. The van der Waals surface area contributed by atoms with Crippen LogP contribution in [0.1, 0.15) is 45.1 Å². The minimum Gasteiger partial charge on any atom is -0.490 e. The van der Waals surface area contributed by atoms with Crippen LogP contribution < -0.4 is 24.6 Å². The quantitative estimate of drug-likeness (QED) is 0.436. The number of hydrogen-bond acceptors (Lipinski definition) is 9. The molecular weight excluding hydrogens is 494 g/mol. The van der Waals surface area contributed by atoms with E-state index in [1.807, 2.05) is 43.6 Å². The van der Waals surface area contributed by atoms with E-state index in [4.69, 9.17) is 14.5 Å². The highest BCUT2D eigenvalue weighted by Crippen LogP contribution is 2.30. The minimum atomic E-state index is -0.0835. The number of carbonyl (C=O) groups excluding carboxylic acids is 1. The Morgan fingerprint density at radius 3 is 2.49 bits per heavy atom. The van der Waals surface area contributed by atoms with E-state index in [1.54, 1.807) is 12.4 Å². The van der Waals surface area contributed by atoms with E-state index in [0.29, 0.717) is 19.0 Å². The van der Waals surface area contributed by atoms with Crippen LogP contribution in [0.5, 0.6) is 11.5 Å². The summed E-state index contributed by atoms with van der Waals surface area (Å²) >= 11 is 0. The summed E-state index contributed by atoms with van der Waals surface area (Å²) in [5, 5.41) is 3.00. The van der Waals surface area contributed by atoms with Crippen LogP contribution in [-0.2, 0) is 11.2 Å². The summed E-state index contributed by atoms with van der Waals surface area (Å²) in [4.78, 5) is 35.4. The number of aryl methyl sites for hydroxylation is 1. The number of anilines is 3. The first-order chi connectivity index (χ1) is 19.1. The van der Waals surface area contributed by atoms with E-state index in [9.17, 15) is 4.79 Å². The molecule has 2 saturated heterocycles. The molecule has 2 aromatic heterocycles. The van der Waals surface area contributed by atoms with Gasteiger partial charge in [-0.15, -0.1) is 0 Å². The zero-order chi connectivity index (χ0) is 27.0. The van der Waals surface area contributed by atoms with Crippen LogP contribution in [0.2, 0.25) is 0 Å². The molecule has 5 rings (SSSR count). The van der Waals surface area contributed by atoms with Crippen LogP contribution in [0.25, 0.3) is 0 Å². The molecule has 2 aliphatic heterocycles. The molecule has 0 saturated carbocycles. The number of amides is 1. The summed E-state index contributed by atoms with van der Waals surface area (Å²) < 4.78 is 12.0. The first kappa shape index (κ1) is 26.6. The average molecular weight is 532 g/mol. The lowest BCUT2D eigenvalue weighted by Crippen LogP contribution is -2.42. The molecule has 0 aliphatic carbocycles. The maximum Gasteiger partial charge on any atom is 0.228 e. The Morgan fingerprint density at radius 2 is 1.74 bits per heavy atom. The topological polar surface area (TPSA) is 106 Å². The number of ether oxygens (including phenoxy) is 2. The van der Waals surface area contributed by atoms with Crippen molar-refractivity contribution in [1.82, 2.24) is 19.9 Å². The summed E-state index contributed by atoms with van der Waals surface area (Å²) in [5.74, 6) is 3.36. The fourth-order valence-corrected chi connectivity index (χ4v) is 5.08. The van der Waals surface area contributed by atoms with Gasteiger partial charge in [-0.3, -0.25) is 9.78 Å². The predicted molar refractivity (Wildman–Crippen MR) is 150 cm³/mol. The van der Waals surface area contributed by atoms with Gasteiger partial charge < -0.3 is 24.6 Å². The van der Waals surface area contributed by atoms with E-state index in [0.717, 1.165) is 80.6 Å². The van der Waals surface area contributed by atoms with Crippen LogP contribution in [0.15, 0.2) is 49.1 Å². The van der Waals surface area contributed by atoms with Gasteiger partial charge in [0.05, 0.1) is 25.5 Å². The van der Waals surface area contributed by atoms with Crippen molar-refractivity contribution in [3.8, 4) is 11.5 Å². The first-order valence-electron chi connectivity index (χ1n) is 13.9. The summed E-state index contributed by atoms with van der Waals surface area (Å²) in [7, 11) is 0. The largest absolute Gasteiger partial charge is 0.490 e. The number of para-hydroxylation sites is 2. The van der Waals surface area contributed by atoms with Gasteiger partial charge in [0.2, 0.25) is 11.9 Å². The number of rotatable bonds is 9. The standard InChI is InChI=1S/C29H37N7O3/c1-3-21-16-31-29(32-17-21)35-14-11-22(12-15-35)28(37)34-26-18-30-19-27(33-26)36-13-7-8-23(20-36)39-25-10-6-5-9-24(25)38-4-2/h5-6,9-10,16-19,22-23H,3-4,7-8,11-15,20H2,1-2H3,(H,33,34,37). The normalized spacial score (nSPS) is 18.1. The number of nitrogens with one attached hydrogen (secondary N) is 1. The van der Waals surface area contributed by atoms with Crippen molar-refractivity contribution in [3.63, 3.8) is 0 Å². The lowest BCUT2D eigenvalue weighted by Gasteiger charge is -2.34. The number of piperidine rings is 2.